The number of ether oxygens (including phenoxy) is 1. The molecule has 0 radical (unpaired) electrons. The summed E-state index contributed by atoms with van der Waals surface area (Å²) < 4.78 is 4.77. The summed E-state index contributed by atoms with van der Waals surface area (Å²) in [6.45, 7) is 2.37. The minimum absolute atomic E-state index is 0.144. The first-order valence-corrected chi connectivity index (χ1v) is 9.79. The lowest BCUT2D eigenvalue weighted by Crippen LogP contribution is -2.55. The molecule has 0 aromatic carbocycles. The zero-order chi connectivity index (χ0) is 18.9. The average molecular weight is 379 g/mol. The number of thiophene rings is 1. The molecule has 0 bridgehead atoms. The first-order chi connectivity index (χ1) is 12.3. The van der Waals surface area contributed by atoms with E-state index in [4.69, 9.17) is 10.5 Å². The predicted molar refractivity (Wildman–Crippen MR) is 99.1 cm³/mol. The van der Waals surface area contributed by atoms with Crippen LogP contribution in [0.1, 0.15) is 49.4 Å². The van der Waals surface area contributed by atoms with Gasteiger partial charge in [-0.3, -0.25) is 9.59 Å². The van der Waals surface area contributed by atoms with Crippen molar-refractivity contribution in [1.29, 1.82) is 0 Å². The van der Waals surface area contributed by atoms with Crippen LogP contribution in [0.4, 0.5) is 5.00 Å². The van der Waals surface area contributed by atoms with Gasteiger partial charge in [0.2, 0.25) is 11.8 Å². The molecule has 1 saturated carbocycles. The van der Waals surface area contributed by atoms with E-state index in [2.05, 4.69) is 5.32 Å². The van der Waals surface area contributed by atoms with Gasteiger partial charge in [-0.15, -0.1) is 11.3 Å². The van der Waals surface area contributed by atoms with Gasteiger partial charge in [-0.2, -0.15) is 0 Å². The number of esters is 1. The van der Waals surface area contributed by atoms with Gasteiger partial charge < -0.3 is 20.7 Å². The van der Waals surface area contributed by atoms with Crippen LogP contribution in [-0.4, -0.2) is 43.0 Å². The molecule has 0 spiro atoms. The minimum atomic E-state index is -0.576. The highest BCUT2D eigenvalue weighted by atomic mass is 32.1. The van der Waals surface area contributed by atoms with Crippen molar-refractivity contribution in [2.75, 3.05) is 18.6 Å². The van der Waals surface area contributed by atoms with Crippen molar-refractivity contribution in [2.24, 2.45) is 11.7 Å². The molecule has 1 aromatic rings. The Morgan fingerprint density at radius 1 is 1.38 bits per heavy atom. The summed E-state index contributed by atoms with van der Waals surface area (Å²) in [5.41, 5.74) is 6.14. The zero-order valence-corrected chi connectivity index (χ0v) is 15.9. The summed E-state index contributed by atoms with van der Waals surface area (Å²) in [4.78, 5) is 38.9. The topological polar surface area (TPSA) is 102 Å². The summed E-state index contributed by atoms with van der Waals surface area (Å²) in [6, 6.07) is 1.07. The Hall–Kier alpha value is -1.93. The Kier molecular flexibility index (Phi) is 5.34. The SMILES string of the molecule is COC(=O)c1ccsc1N1CCC(NC(=O)C2CCCCC2(C)N)C1=O. The summed E-state index contributed by atoms with van der Waals surface area (Å²) in [6.07, 6.45) is 4.08. The number of methoxy groups -OCH3 is 1. The van der Waals surface area contributed by atoms with E-state index in [9.17, 15) is 14.4 Å². The Bertz CT molecular complexity index is 715. The summed E-state index contributed by atoms with van der Waals surface area (Å²) in [5, 5.41) is 5.21. The predicted octanol–water partition coefficient (Wildman–Crippen LogP) is 1.66. The van der Waals surface area contributed by atoms with Crippen LogP contribution >= 0.6 is 11.3 Å². The van der Waals surface area contributed by atoms with Gasteiger partial charge in [0.15, 0.2) is 0 Å². The van der Waals surface area contributed by atoms with Crippen LogP contribution in [0.3, 0.4) is 0 Å². The van der Waals surface area contributed by atoms with Gasteiger partial charge in [-0.1, -0.05) is 12.8 Å². The first-order valence-electron chi connectivity index (χ1n) is 8.91. The Morgan fingerprint density at radius 2 is 2.15 bits per heavy atom. The number of hydrogen-bond acceptors (Lipinski definition) is 6. The Labute approximate surface area is 156 Å². The number of anilines is 1. The number of carbonyl (C=O) groups excluding carboxylic acids is 3. The van der Waals surface area contributed by atoms with Gasteiger partial charge in [0, 0.05) is 12.1 Å². The lowest BCUT2D eigenvalue weighted by molar-refractivity contribution is -0.131. The van der Waals surface area contributed by atoms with Gasteiger partial charge in [-0.25, -0.2) is 4.79 Å². The third-order valence-electron chi connectivity index (χ3n) is 5.39. The van der Waals surface area contributed by atoms with E-state index in [1.165, 1.54) is 18.4 Å². The standard InChI is InChI=1S/C18H25N3O4S/c1-18(19)8-4-3-5-12(18)14(22)20-13-6-9-21(15(13)23)16-11(7-10-26-16)17(24)25-2/h7,10,12-13H,3-6,8-9,19H2,1-2H3,(H,20,22). The lowest BCUT2D eigenvalue weighted by atomic mass is 9.74. The van der Waals surface area contributed by atoms with E-state index in [0.29, 0.717) is 23.5 Å². The summed E-state index contributed by atoms with van der Waals surface area (Å²) in [7, 11) is 1.31. The molecule has 142 valence electrons. The van der Waals surface area contributed by atoms with Crippen LogP contribution in [0.2, 0.25) is 0 Å². The molecule has 8 heteroatoms. The average Bonchev–Trinajstić information content (AvgIpc) is 3.21. The molecule has 26 heavy (non-hydrogen) atoms. The largest absolute Gasteiger partial charge is 0.465 e. The third kappa shape index (κ3) is 3.48. The van der Waals surface area contributed by atoms with Crippen LogP contribution in [-0.2, 0) is 14.3 Å². The van der Waals surface area contributed by atoms with Gasteiger partial charge in [0.25, 0.3) is 0 Å². The number of amides is 2. The normalized spacial score (nSPS) is 28.9. The second-order valence-corrected chi connectivity index (χ2v) is 8.17. The van der Waals surface area contributed by atoms with E-state index in [1.54, 1.807) is 16.3 Å². The monoisotopic (exact) mass is 379 g/mol. The van der Waals surface area contributed by atoms with E-state index in [-0.39, 0.29) is 17.7 Å². The Morgan fingerprint density at radius 3 is 2.85 bits per heavy atom. The third-order valence-corrected chi connectivity index (χ3v) is 6.32. The lowest BCUT2D eigenvalue weighted by Gasteiger charge is -2.37. The maximum atomic E-state index is 12.8. The molecule has 2 aliphatic rings. The van der Waals surface area contributed by atoms with Crippen molar-refractivity contribution in [1.82, 2.24) is 5.32 Å². The molecule has 2 fully saturated rings. The first kappa shape index (κ1) is 18.8. The molecule has 1 aromatic heterocycles. The Balaban J connectivity index is 1.69. The van der Waals surface area contributed by atoms with Crippen LogP contribution in [0, 0.1) is 5.92 Å². The molecule has 1 aliphatic heterocycles. The molecule has 3 rings (SSSR count). The van der Waals surface area contributed by atoms with E-state index >= 15 is 0 Å². The fourth-order valence-electron chi connectivity index (χ4n) is 3.85. The molecule has 3 N–H and O–H groups in total. The molecule has 2 heterocycles. The molecule has 2 amide bonds. The van der Waals surface area contributed by atoms with Crippen molar-refractivity contribution in [3.63, 3.8) is 0 Å². The molecule has 1 aliphatic carbocycles. The smallest absolute Gasteiger partial charge is 0.340 e. The molecule has 1 saturated heterocycles. The van der Waals surface area contributed by atoms with Gasteiger partial charge in [0.05, 0.1) is 18.6 Å². The van der Waals surface area contributed by atoms with E-state index in [0.717, 1.165) is 25.7 Å². The quantitative estimate of drug-likeness (QED) is 0.775. The number of nitrogens with one attached hydrogen (secondary N) is 1. The van der Waals surface area contributed by atoms with Crippen molar-refractivity contribution in [3.05, 3.63) is 17.0 Å². The summed E-state index contributed by atoms with van der Waals surface area (Å²) in [5.74, 6) is -1.08. The minimum Gasteiger partial charge on any atom is -0.465 e. The molecular weight excluding hydrogens is 354 g/mol. The molecule has 3 unspecified atom stereocenters. The molecular formula is C18H25N3O4S. The van der Waals surface area contributed by atoms with Gasteiger partial charge in [-0.05, 0) is 37.6 Å². The maximum Gasteiger partial charge on any atom is 0.340 e. The van der Waals surface area contributed by atoms with E-state index < -0.39 is 17.6 Å². The van der Waals surface area contributed by atoms with Crippen LogP contribution < -0.4 is 16.0 Å². The molecule has 3 atom stereocenters. The van der Waals surface area contributed by atoms with E-state index in [1.807, 2.05) is 6.92 Å². The number of nitrogens with two attached hydrogens (primary N) is 1. The van der Waals surface area contributed by atoms with Gasteiger partial charge >= 0.3 is 5.97 Å². The number of rotatable bonds is 4. The van der Waals surface area contributed by atoms with Crippen LogP contribution in [0.15, 0.2) is 11.4 Å². The van der Waals surface area contributed by atoms with Crippen LogP contribution in [0.5, 0.6) is 0 Å². The number of hydrogen-bond donors (Lipinski definition) is 2. The second-order valence-electron chi connectivity index (χ2n) is 7.27. The van der Waals surface area contributed by atoms with Crippen molar-refractivity contribution in [2.45, 2.75) is 50.6 Å². The second kappa shape index (κ2) is 7.36. The van der Waals surface area contributed by atoms with Crippen molar-refractivity contribution >= 4 is 34.1 Å². The van der Waals surface area contributed by atoms with Gasteiger partial charge in [0.1, 0.15) is 11.0 Å². The van der Waals surface area contributed by atoms with Crippen LogP contribution in [0.25, 0.3) is 0 Å². The summed E-state index contributed by atoms with van der Waals surface area (Å²) >= 11 is 1.31. The van der Waals surface area contributed by atoms with Crippen molar-refractivity contribution in [3.8, 4) is 0 Å². The highest BCUT2D eigenvalue weighted by molar-refractivity contribution is 7.14. The highest BCUT2D eigenvalue weighted by Gasteiger charge is 2.41. The maximum absolute atomic E-state index is 12.8. The highest BCUT2D eigenvalue weighted by Crippen LogP contribution is 2.34. The zero-order valence-electron chi connectivity index (χ0n) is 15.1. The molecule has 7 nitrogen and oxygen atoms in total. The number of carbonyl (C=O) groups is 3. The van der Waals surface area contributed by atoms with Crippen molar-refractivity contribution < 1.29 is 19.1 Å². The number of nitrogens with zero attached hydrogens (tertiary/aromatic N) is 1. The fourth-order valence-corrected chi connectivity index (χ4v) is 4.77. The fraction of sp³-hybridized carbons (Fsp3) is 0.611.